The number of amides is 1. The fourth-order valence-electron chi connectivity index (χ4n) is 2.62. The average Bonchev–Trinajstić information content (AvgIpc) is 3.01. The normalized spacial score (nSPS) is 11.9. The second-order valence-electron chi connectivity index (χ2n) is 6.26. The van der Waals surface area contributed by atoms with E-state index in [4.69, 9.17) is 9.47 Å². The van der Waals surface area contributed by atoms with Gasteiger partial charge in [0.1, 0.15) is 10.6 Å². The van der Waals surface area contributed by atoms with Crippen molar-refractivity contribution in [3.05, 3.63) is 46.3 Å². The first-order chi connectivity index (χ1) is 12.8. The van der Waals surface area contributed by atoms with E-state index in [0.717, 1.165) is 16.9 Å². The molecule has 1 heterocycles. The van der Waals surface area contributed by atoms with Crippen molar-refractivity contribution in [2.24, 2.45) is 0 Å². The van der Waals surface area contributed by atoms with Gasteiger partial charge in [0, 0.05) is 6.04 Å². The van der Waals surface area contributed by atoms with Crippen LogP contribution in [0.2, 0.25) is 0 Å². The van der Waals surface area contributed by atoms with Gasteiger partial charge in [-0.2, -0.15) is 0 Å². The average molecular weight is 391 g/mol. The Morgan fingerprint density at radius 2 is 1.93 bits per heavy atom. The van der Waals surface area contributed by atoms with E-state index in [1.807, 2.05) is 50.1 Å². The van der Waals surface area contributed by atoms with Crippen molar-refractivity contribution in [1.82, 2.24) is 4.90 Å². The molecule has 0 aliphatic heterocycles. The van der Waals surface area contributed by atoms with Crippen molar-refractivity contribution in [2.45, 2.75) is 26.8 Å². The van der Waals surface area contributed by atoms with Crippen LogP contribution in [0.4, 0.5) is 5.00 Å². The van der Waals surface area contributed by atoms with E-state index in [1.165, 1.54) is 11.3 Å². The van der Waals surface area contributed by atoms with Gasteiger partial charge in [0.15, 0.2) is 0 Å². The molecule has 1 atom stereocenters. The number of hydrogen-bond donors (Lipinski definition) is 1. The number of aryl methyl sites for hydroxylation is 1. The van der Waals surface area contributed by atoms with Crippen LogP contribution in [0.3, 0.4) is 0 Å². The lowest BCUT2D eigenvalue weighted by Gasteiger charge is -2.24. The summed E-state index contributed by atoms with van der Waals surface area (Å²) in [5.74, 6) is 0.317. The Balaban J connectivity index is 1.96. The third kappa shape index (κ3) is 5.55. The highest BCUT2D eigenvalue weighted by atomic mass is 32.1. The number of anilines is 1. The highest BCUT2D eigenvalue weighted by molar-refractivity contribution is 7.18. The van der Waals surface area contributed by atoms with Gasteiger partial charge < -0.3 is 14.8 Å². The van der Waals surface area contributed by atoms with Crippen LogP contribution < -0.4 is 10.1 Å². The molecule has 0 bridgehead atoms. The van der Waals surface area contributed by atoms with Crippen LogP contribution in [0, 0.1) is 6.92 Å². The van der Waals surface area contributed by atoms with Crippen LogP contribution >= 0.6 is 11.3 Å². The molecule has 27 heavy (non-hydrogen) atoms. The third-order valence-electron chi connectivity index (χ3n) is 4.29. The molecule has 2 rings (SSSR count). The predicted molar refractivity (Wildman–Crippen MR) is 108 cm³/mol. The Morgan fingerprint density at radius 1 is 1.26 bits per heavy atom. The summed E-state index contributed by atoms with van der Waals surface area (Å²) < 4.78 is 10.2. The number of thiophene rings is 1. The summed E-state index contributed by atoms with van der Waals surface area (Å²) in [7, 11) is 3.53. The Morgan fingerprint density at radius 3 is 2.52 bits per heavy atom. The highest BCUT2D eigenvalue weighted by Crippen LogP contribution is 2.27. The van der Waals surface area contributed by atoms with Crippen LogP contribution in [0.15, 0.2) is 30.3 Å². The first-order valence-corrected chi connectivity index (χ1v) is 9.59. The van der Waals surface area contributed by atoms with E-state index < -0.39 is 0 Å². The number of likely N-dealkylation sites (N-methyl/N-ethyl adjacent to an activating group) is 1. The Labute approximate surface area is 164 Å². The Kier molecular flexibility index (Phi) is 7.38. The number of hydrogen-bond acceptors (Lipinski definition) is 6. The summed E-state index contributed by atoms with van der Waals surface area (Å²) in [6, 6.07) is 9.66. The number of benzene rings is 1. The number of rotatable bonds is 8. The van der Waals surface area contributed by atoms with E-state index in [9.17, 15) is 9.59 Å². The van der Waals surface area contributed by atoms with Crippen LogP contribution in [0.25, 0.3) is 0 Å². The number of esters is 1. The molecule has 0 radical (unpaired) electrons. The largest absolute Gasteiger partial charge is 0.497 e. The minimum Gasteiger partial charge on any atom is -0.497 e. The van der Waals surface area contributed by atoms with Crippen molar-refractivity contribution in [1.29, 1.82) is 0 Å². The summed E-state index contributed by atoms with van der Waals surface area (Å²) >= 11 is 1.23. The number of carbonyl (C=O) groups excluding carboxylic acids is 2. The van der Waals surface area contributed by atoms with E-state index >= 15 is 0 Å². The third-order valence-corrected chi connectivity index (χ3v) is 5.43. The first-order valence-electron chi connectivity index (χ1n) is 8.77. The van der Waals surface area contributed by atoms with Gasteiger partial charge in [-0.1, -0.05) is 12.1 Å². The lowest BCUT2D eigenvalue weighted by atomic mass is 10.1. The van der Waals surface area contributed by atoms with Crippen molar-refractivity contribution in [2.75, 3.05) is 32.6 Å². The lowest BCUT2D eigenvalue weighted by Crippen LogP contribution is -2.32. The van der Waals surface area contributed by atoms with Gasteiger partial charge in [-0.3, -0.25) is 9.69 Å². The zero-order valence-electron chi connectivity index (χ0n) is 16.4. The predicted octanol–water partition coefficient (Wildman–Crippen LogP) is 3.87. The van der Waals surface area contributed by atoms with E-state index in [0.29, 0.717) is 16.5 Å². The fraction of sp³-hybridized carbons (Fsp3) is 0.400. The van der Waals surface area contributed by atoms with Crippen LogP contribution in [-0.2, 0) is 9.53 Å². The number of methoxy groups -OCH3 is 1. The van der Waals surface area contributed by atoms with Gasteiger partial charge in [-0.25, -0.2) is 4.79 Å². The van der Waals surface area contributed by atoms with E-state index in [2.05, 4.69) is 5.32 Å². The smallest absolute Gasteiger partial charge is 0.348 e. The minimum absolute atomic E-state index is 0.0711. The molecule has 6 nitrogen and oxygen atoms in total. The van der Waals surface area contributed by atoms with Crippen LogP contribution in [-0.4, -0.2) is 44.1 Å². The van der Waals surface area contributed by atoms with Crippen LogP contribution in [0.1, 0.15) is 40.7 Å². The Hall–Kier alpha value is -2.38. The molecule has 0 saturated carbocycles. The maximum atomic E-state index is 12.4. The zero-order valence-corrected chi connectivity index (χ0v) is 17.2. The molecule has 0 fully saturated rings. The number of nitrogens with zero attached hydrogens (tertiary/aromatic N) is 1. The second-order valence-corrected chi connectivity index (χ2v) is 7.31. The highest BCUT2D eigenvalue weighted by Gasteiger charge is 2.18. The summed E-state index contributed by atoms with van der Waals surface area (Å²) in [6.07, 6.45) is 0. The second kappa shape index (κ2) is 9.53. The van der Waals surface area contributed by atoms with Crippen molar-refractivity contribution in [3.8, 4) is 5.75 Å². The van der Waals surface area contributed by atoms with Crippen molar-refractivity contribution < 1.29 is 19.1 Å². The van der Waals surface area contributed by atoms with Gasteiger partial charge in [-0.15, -0.1) is 11.3 Å². The topological polar surface area (TPSA) is 67.9 Å². The standard InChI is InChI=1S/C20H26N2O4S/c1-6-26-20(24)19-13(2)11-18(27-19)21-17(23)12-22(4)14(3)15-7-9-16(25-5)10-8-15/h7-11,14H,6,12H2,1-5H3,(H,21,23). The monoisotopic (exact) mass is 390 g/mol. The quantitative estimate of drug-likeness (QED) is 0.693. The van der Waals surface area contributed by atoms with Crippen LogP contribution in [0.5, 0.6) is 5.75 Å². The number of carbonyl (C=O) groups is 2. The summed E-state index contributed by atoms with van der Waals surface area (Å²) in [4.78, 5) is 26.8. The van der Waals surface area contributed by atoms with Crippen molar-refractivity contribution in [3.63, 3.8) is 0 Å². The molecule has 2 aromatic rings. The molecule has 1 unspecified atom stereocenters. The molecule has 0 saturated heterocycles. The van der Waals surface area contributed by atoms with E-state index in [-0.39, 0.29) is 24.5 Å². The molecule has 0 spiro atoms. The first kappa shape index (κ1) is 20.9. The SMILES string of the molecule is CCOC(=O)c1sc(NC(=O)CN(C)C(C)c2ccc(OC)cc2)cc1C. The molecule has 1 amide bonds. The summed E-state index contributed by atoms with van der Waals surface area (Å²) in [5, 5.41) is 3.51. The van der Waals surface area contributed by atoms with E-state index in [1.54, 1.807) is 20.1 Å². The zero-order chi connectivity index (χ0) is 20.0. The number of ether oxygens (including phenoxy) is 2. The lowest BCUT2D eigenvalue weighted by molar-refractivity contribution is -0.117. The van der Waals surface area contributed by atoms with Gasteiger partial charge in [0.25, 0.3) is 0 Å². The molecule has 1 aromatic heterocycles. The number of nitrogens with one attached hydrogen (secondary N) is 1. The molecule has 7 heteroatoms. The molecule has 0 aliphatic rings. The summed E-state index contributed by atoms with van der Waals surface area (Å²) in [5.41, 5.74) is 1.90. The minimum atomic E-state index is -0.356. The molecule has 0 aliphatic carbocycles. The molecular weight excluding hydrogens is 364 g/mol. The maximum absolute atomic E-state index is 12.4. The summed E-state index contributed by atoms with van der Waals surface area (Å²) in [6.45, 7) is 6.20. The van der Waals surface area contributed by atoms with Gasteiger partial charge in [-0.05, 0) is 57.1 Å². The maximum Gasteiger partial charge on any atom is 0.348 e. The van der Waals surface area contributed by atoms with Crippen molar-refractivity contribution >= 4 is 28.2 Å². The molecular formula is C20H26N2O4S. The van der Waals surface area contributed by atoms with Gasteiger partial charge in [0.2, 0.25) is 5.91 Å². The fourth-order valence-corrected chi connectivity index (χ4v) is 3.60. The van der Waals surface area contributed by atoms with Gasteiger partial charge >= 0.3 is 5.97 Å². The Bertz CT molecular complexity index is 786. The van der Waals surface area contributed by atoms with Gasteiger partial charge in [0.05, 0.1) is 25.3 Å². The molecule has 1 N–H and O–H groups in total. The molecule has 146 valence electrons. The molecule has 1 aromatic carbocycles.